The highest BCUT2D eigenvalue weighted by molar-refractivity contribution is 7.99. The van der Waals surface area contributed by atoms with Gasteiger partial charge in [0.1, 0.15) is 10.6 Å². The molecule has 0 bridgehead atoms. The molecule has 1 aliphatic rings. The molecule has 1 saturated heterocycles. The first-order valence-corrected chi connectivity index (χ1v) is 13.6. The SMILES string of the molecule is COc1ccc(C(=O)Nc2ccccc2Sc2ccccc2)cc1S(=O)(=O)N1CCCCCC1. The second-order valence-electron chi connectivity index (χ2n) is 8.05. The van der Waals surface area contributed by atoms with Gasteiger partial charge in [0.15, 0.2) is 0 Å². The minimum Gasteiger partial charge on any atom is -0.495 e. The van der Waals surface area contributed by atoms with Crippen LogP contribution in [0.5, 0.6) is 5.75 Å². The molecule has 0 atom stereocenters. The van der Waals surface area contributed by atoms with Crippen LogP contribution in [0.1, 0.15) is 36.0 Å². The molecule has 6 nitrogen and oxygen atoms in total. The van der Waals surface area contributed by atoms with Gasteiger partial charge in [-0.1, -0.05) is 54.9 Å². The summed E-state index contributed by atoms with van der Waals surface area (Å²) >= 11 is 1.55. The van der Waals surface area contributed by atoms with Gasteiger partial charge in [-0.05, 0) is 55.3 Å². The highest BCUT2D eigenvalue weighted by Gasteiger charge is 2.29. The van der Waals surface area contributed by atoms with Crippen LogP contribution in [0.4, 0.5) is 5.69 Å². The molecule has 34 heavy (non-hydrogen) atoms. The number of nitrogens with one attached hydrogen (secondary N) is 1. The van der Waals surface area contributed by atoms with E-state index in [4.69, 9.17) is 4.74 Å². The largest absolute Gasteiger partial charge is 0.495 e. The summed E-state index contributed by atoms with van der Waals surface area (Å²) < 4.78 is 33.7. The first-order chi connectivity index (χ1) is 16.5. The Labute approximate surface area is 205 Å². The molecule has 1 aliphatic heterocycles. The Balaban J connectivity index is 1.60. The first kappa shape index (κ1) is 24.3. The maximum absolute atomic E-state index is 13.4. The van der Waals surface area contributed by atoms with Crippen molar-refractivity contribution in [3.05, 3.63) is 78.4 Å². The number of ether oxygens (including phenoxy) is 1. The molecule has 3 aromatic rings. The highest BCUT2D eigenvalue weighted by atomic mass is 32.2. The van der Waals surface area contributed by atoms with Crippen molar-refractivity contribution in [2.75, 3.05) is 25.5 Å². The summed E-state index contributed by atoms with van der Waals surface area (Å²) in [5.41, 5.74) is 0.919. The Morgan fingerprint density at radius 2 is 1.59 bits per heavy atom. The summed E-state index contributed by atoms with van der Waals surface area (Å²) in [6, 6.07) is 22.0. The number of nitrogens with zero attached hydrogens (tertiary/aromatic N) is 1. The lowest BCUT2D eigenvalue weighted by atomic mass is 10.2. The van der Waals surface area contributed by atoms with Gasteiger partial charge in [-0.25, -0.2) is 8.42 Å². The number of hydrogen-bond acceptors (Lipinski definition) is 5. The van der Waals surface area contributed by atoms with Crippen LogP contribution in [0.2, 0.25) is 0 Å². The Morgan fingerprint density at radius 1 is 0.912 bits per heavy atom. The van der Waals surface area contributed by atoms with E-state index >= 15 is 0 Å². The van der Waals surface area contributed by atoms with Gasteiger partial charge in [-0.2, -0.15) is 4.31 Å². The molecule has 0 spiro atoms. The van der Waals surface area contributed by atoms with Crippen molar-refractivity contribution in [2.45, 2.75) is 40.4 Å². The smallest absolute Gasteiger partial charge is 0.255 e. The van der Waals surface area contributed by atoms with E-state index in [-0.39, 0.29) is 22.1 Å². The molecule has 178 valence electrons. The Kier molecular flexibility index (Phi) is 7.92. The van der Waals surface area contributed by atoms with Crippen LogP contribution in [0.25, 0.3) is 0 Å². The second kappa shape index (κ2) is 11.1. The van der Waals surface area contributed by atoms with Crippen LogP contribution >= 0.6 is 11.8 Å². The van der Waals surface area contributed by atoms with Gasteiger partial charge in [0.2, 0.25) is 10.0 Å². The van der Waals surface area contributed by atoms with Crippen molar-refractivity contribution >= 4 is 33.4 Å². The van der Waals surface area contributed by atoms with Gasteiger partial charge >= 0.3 is 0 Å². The van der Waals surface area contributed by atoms with Crippen molar-refractivity contribution in [1.82, 2.24) is 4.31 Å². The molecule has 0 aromatic heterocycles. The van der Waals surface area contributed by atoms with Crippen LogP contribution in [0, 0.1) is 0 Å². The Hall–Kier alpha value is -2.81. The lowest BCUT2D eigenvalue weighted by Gasteiger charge is -2.21. The first-order valence-electron chi connectivity index (χ1n) is 11.3. The lowest BCUT2D eigenvalue weighted by molar-refractivity contribution is 0.102. The average molecular weight is 497 g/mol. The fourth-order valence-corrected chi connectivity index (χ4v) is 6.53. The van der Waals surface area contributed by atoms with Crippen molar-refractivity contribution < 1.29 is 17.9 Å². The van der Waals surface area contributed by atoms with Crippen molar-refractivity contribution in [2.24, 2.45) is 0 Å². The lowest BCUT2D eigenvalue weighted by Crippen LogP contribution is -2.32. The second-order valence-corrected chi connectivity index (χ2v) is 11.1. The molecular weight excluding hydrogens is 468 g/mol. The van der Waals surface area contributed by atoms with E-state index in [2.05, 4.69) is 5.32 Å². The van der Waals surface area contributed by atoms with Crippen LogP contribution < -0.4 is 10.1 Å². The van der Waals surface area contributed by atoms with Gasteiger partial charge < -0.3 is 10.1 Å². The molecular formula is C26H28N2O4S2. The number of methoxy groups -OCH3 is 1. The summed E-state index contributed by atoms with van der Waals surface area (Å²) in [4.78, 5) is 15.1. The summed E-state index contributed by atoms with van der Waals surface area (Å²) in [5.74, 6) is -0.142. The number of amides is 1. The van der Waals surface area contributed by atoms with Crippen LogP contribution in [-0.2, 0) is 10.0 Å². The fraction of sp³-hybridized carbons (Fsp3) is 0.269. The average Bonchev–Trinajstić information content (AvgIpc) is 3.16. The third kappa shape index (κ3) is 5.63. The molecule has 3 aromatic carbocycles. The van der Waals surface area contributed by atoms with Gasteiger partial charge in [-0.15, -0.1) is 0 Å². The van der Waals surface area contributed by atoms with E-state index in [1.54, 1.807) is 23.9 Å². The molecule has 1 fully saturated rings. The molecule has 0 radical (unpaired) electrons. The van der Waals surface area contributed by atoms with Crippen molar-refractivity contribution in [3.8, 4) is 5.75 Å². The predicted octanol–water partition coefficient (Wildman–Crippen LogP) is 5.66. The van der Waals surface area contributed by atoms with E-state index in [1.165, 1.54) is 17.5 Å². The van der Waals surface area contributed by atoms with Crippen molar-refractivity contribution in [3.63, 3.8) is 0 Å². The maximum atomic E-state index is 13.4. The van der Waals surface area contributed by atoms with E-state index in [0.29, 0.717) is 18.8 Å². The predicted molar refractivity (Wildman–Crippen MR) is 135 cm³/mol. The number of carbonyl (C=O) groups excluding carboxylic acids is 1. The molecule has 4 rings (SSSR count). The van der Waals surface area contributed by atoms with Crippen LogP contribution in [0.3, 0.4) is 0 Å². The molecule has 1 amide bonds. The number of para-hydroxylation sites is 1. The number of sulfonamides is 1. The summed E-state index contributed by atoms with van der Waals surface area (Å²) in [7, 11) is -2.34. The quantitative estimate of drug-likeness (QED) is 0.457. The zero-order valence-corrected chi connectivity index (χ0v) is 20.7. The maximum Gasteiger partial charge on any atom is 0.255 e. The summed E-state index contributed by atoms with van der Waals surface area (Å²) in [6.07, 6.45) is 3.70. The van der Waals surface area contributed by atoms with E-state index in [0.717, 1.165) is 35.5 Å². The molecule has 1 heterocycles. The number of hydrogen-bond donors (Lipinski definition) is 1. The number of carbonyl (C=O) groups is 1. The van der Waals surface area contributed by atoms with Crippen LogP contribution in [0.15, 0.2) is 87.5 Å². The third-order valence-corrected chi connectivity index (χ3v) is 8.72. The zero-order valence-electron chi connectivity index (χ0n) is 19.1. The Bertz CT molecular complexity index is 1240. The molecule has 0 saturated carbocycles. The van der Waals surface area contributed by atoms with Gasteiger partial charge in [0, 0.05) is 28.4 Å². The normalized spacial score (nSPS) is 14.9. The topological polar surface area (TPSA) is 75.7 Å². The molecule has 8 heteroatoms. The van der Waals surface area contributed by atoms with Crippen LogP contribution in [-0.4, -0.2) is 38.8 Å². The summed E-state index contributed by atoms with van der Waals surface area (Å²) in [6.45, 7) is 0.956. The number of rotatable bonds is 7. The molecule has 1 N–H and O–H groups in total. The zero-order chi connectivity index (χ0) is 24.0. The number of anilines is 1. The minimum atomic E-state index is -3.78. The monoisotopic (exact) mass is 496 g/mol. The minimum absolute atomic E-state index is 0.0245. The third-order valence-electron chi connectivity index (χ3n) is 5.71. The van der Waals surface area contributed by atoms with Gasteiger partial charge in [0.05, 0.1) is 12.8 Å². The van der Waals surface area contributed by atoms with Gasteiger partial charge in [-0.3, -0.25) is 4.79 Å². The Morgan fingerprint density at radius 3 is 2.29 bits per heavy atom. The highest BCUT2D eigenvalue weighted by Crippen LogP contribution is 2.34. The standard InChI is InChI=1S/C26H28N2O4S2/c1-32-23-16-15-20(19-25(23)34(30,31)28-17-9-2-3-10-18-28)26(29)27-22-13-7-8-14-24(22)33-21-11-5-4-6-12-21/h4-8,11-16,19H,2-3,9-10,17-18H2,1H3,(H,27,29). The fourth-order valence-electron chi connectivity index (χ4n) is 3.91. The van der Waals surface area contributed by atoms with Crippen molar-refractivity contribution in [1.29, 1.82) is 0 Å². The van der Waals surface area contributed by atoms with E-state index < -0.39 is 10.0 Å². The molecule has 0 aliphatic carbocycles. The van der Waals surface area contributed by atoms with E-state index in [9.17, 15) is 13.2 Å². The van der Waals surface area contributed by atoms with E-state index in [1.807, 2.05) is 54.6 Å². The van der Waals surface area contributed by atoms with Gasteiger partial charge in [0.25, 0.3) is 5.91 Å². The number of benzene rings is 3. The summed E-state index contributed by atoms with van der Waals surface area (Å²) in [5, 5.41) is 2.94. The molecule has 0 unspecified atom stereocenters.